The summed E-state index contributed by atoms with van der Waals surface area (Å²) < 4.78 is 5.16. The van der Waals surface area contributed by atoms with E-state index in [0.29, 0.717) is 19.1 Å². The molecule has 2 heterocycles. The first-order valence-electron chi connectivity index (χ1n) is 8.40. The third-order valence-electron chi connectivity index (χ3n) is 4.95. The molecule has 22 heavy (non-hydrogen) atoms. The molecular weight excluding hydrogens is 274 g/mol. The van der Waals surface area contributed by atoms with Crippen LogP contribution in [0.1, 0.15) is 50.3 Å². The molecule has 3 rings (SSSR count). The second-order valence-corrected chi connectivity index (χ2v) is 6.18. The van der Waals surface area contributed by atoms with E-state index in [0.717, 1.165) is 32.4 Å². The molecule has 0 N–H and O–H groups in total. The summed E-state index contributed by atoms with van der Waals surface area (Å²) in [5, 5.41) is 0. The summed E-state index contributed by atoms with van der Waals surface area (Å²) in [4.78, 5) is 14.5. The van der Waals surface area contributed by atoms with Crippen LogP contribution in [0, 0.1) is 0 Å². The molecule has 2 aliphatic rings. The summed E-state index contributed by atoms with van der Waals surface area (Å²) >= 11 is 0. The zero-order valence-corrected chi connectivity index (χ0v) is 13.6. The number of carbonyl (C=O) groups excluding carboxylic acids is 1. The van der Waals surface area contributed by atoms with Crippen LogP contribution < -0.4 is 0 Å². The Balaban J connectivity index is 1.85. The lowest BCUT2D eigenvalue weighted by atomic mass is 9.82. The maximum absolute atomic E-state index is 11.9. The van der Waals surface area contributed by atoms with Crippen LogP contribution in [0.5, 0.6) is 0 Å². The normalized spacial score (nSPS) is 21.3. The van der Waals surface area contributed by atoms with E-state index in [1.54, 1.807) is 0 Å². The minimum atomic E-state index is -0.0824. The number of hydrogen-bond donors (Lipinski definition) is 0. The second kappa shape index (κ2) is 6.66. The van der Waals surface area contributed by atoms with Crippen molar-refractivity contribution in [2.75, 3.05) is 19.7 Å². The minimum Gasteiger partial charge on any atom is -0.466 e. The molecule has 3 nitrogen and oxygen atoms in total. The number of rotatable bonds is 4. The predicted molar refractivity (Wildman–Crippen MR) is 87.6 cm³/mol. The fourth-order valence-corrected chi connectivity index (χ4v) is 3.81. The number of nitrogens with zero attached hydrogens (tertiary/aromatic N) is 1. The lowest BCUT2D eigenvalue weighted by molar-refractivity contribution is -0.142. The number of ether oxygens (including phenoxy) is 1. The Bertz CT molecular complexity index is 591. The Kier molecular flexibility index (Phi) is 4.63. The van der Waals surface area contributed by atoms with Crippen molar-refractivity contribution in [1.82, 2.24) is 4.90 Å². The molecule has 0 spiro atoms. The van der Waals surface area contributed by atoms with E-state index in [2.05, 4.69) is 36.1 Å². The molecule has 118 valence electrons. The van der Waals surface area contributed by atoms with Gasteiger partial charge in [-0.3, -0.25) is 9.69 Å². The molecule has 0 saturated heterocycles. The highest BCUT2D eigenvalue weighted by molar-refractivity contribution is 5.72. The van der Waals surface area contributed by atoms with Gasteiger partial charge in [-0.2, -0.15) is 0 Å². The Morgan fingerprint density at radius 1 is 1.27 bits per heavy atom. The molecule has 0 saturated carbocycles. The Morgan fingerprint density at radius 3 is 2.86 bits per heavy atom. The van der Waals surface area contributed by atoms with Gasteiger partial charge in [0.15, 0.2) is 0 Å². The minimum absolute atomic E-state index is 0.0824. The second-order valence-electron chi connectivity index (χ2n) is 6.18. The van der Waals surface area contributed by atoms with Crippen molar-refractivity contribution in [3.05, 3.63) is 46.5 Å². The summed E-state index contributed by atoms with van der Waals surface area (Å²) in [5.41, 5.74) is 5.66. The quantitative estimate of drug-likeness (QED) is 0.628. The van der Waals surface area contributed by atoms with Crippen molar-refractivity contribution in [2.45, 2.75) is 45.6 Å². The zero-order valence-electron chi connectivity index (χ0n) is 13.6. The Hall–Kier alpha value is -1.61. The van der Waals surface area contributed by atoms with Gasteiger partial charge in [-0.1, -0.05) is 42.3 Å². The van der Waals surface area contributed by atoms with E-state index in [-0.39, 0.29) is 5.97 Å². The predicted octanol–water partition coefficient (Wildman–Crippen LogP) is 3.65. The van der Waals surface area contributed by atoms with E-state index in [4.69, 9.17) is 4.74 Å². The van der Waals surface area contributed by atoms with Gasteiger partial charge in [-0.25, -0.2) is 0 Å². The molecule has 2 aliphatic heterocycles. The largest absolute Gasteiger partial charge is 0.466 e. The molecule has 0 radical (unpaired) electrons. The maximum Gasteiger partial charge on any atom is 0.309 e. The van der Waals surface area contributed by atoms with E-state index in [1.165, 1.54) is 22.3 Å². The van der Waals surface area contributed by atoms with Crippen LogP contribution in [-0.4, -0.2) is 30.6 Å². The molecule has 1 aromatic carbocycles. The van der Waals surface area contributed by atoms with Gasteiger partial charge in [-0.05, 0) is 37.3 Å². The van der Waals surface area contributed by atoms with Crippen LogP contribution in [0.2, 0.25) is 0 Å². The van der Waals surface area contributed by atoms with Crippen LogP contribution in [0.25, 0.3) is 0 Å². The lowest BCUT2D eigenvalue weighted by Gasteiger charge is -2.42. The number of benzene rings is 1. The smallest absolute Gasteiger partial charge is 0.309 e. The zero-order chi connectivity index (χ0) is 15.5. The van der Waals surface area contributed by atoms with Crippen molar-refractivity contribution < 1.29 is 9.53 Å². The van der Waals surface area contributed by atoms with Crippen molar-refractivity contribution in [1.29, 1.82) is 0 Å². The average Bonchev–Trinajstić information content (AvgIpc) is 2.54. The van der Waals surface area contributed by atoms with Crippen LogP contribution in [-0.2, 0) is 16.0 Å². The third kappa shape index (κ3) is 2.95. The topological polar surface area (TPSA) is 29.5 Å². The fraction of sp³-hybridized carbons (Fsp3) is 0.526. The molecule has 0 fully saturated rings. The number of esters is 1. The van der Waals surface area contributed by atoms with Crippen LogP contribution in [0.3, 0.4) is 0 Å². The van der Waals surface area contributed by atoms with Crippen LogP contribution in [0.4, 0.5) is 0 Å². The van der Waals surface area contributed by atoms with Gasteiger partial charge >= 0.3 is 5.97 Å². The van der Waals surface area contributed by atoms with Crippen molar-refractivity contribution in [3.63, 3.8) is 0 Å². The summed E-state index contributed by atoms with van der Waals surface area (Å²) in [6.07, 6.45) is 3.60. The van der Waals surface area contributed by atoms with Gasteiger partial charge in [0.25, 0.3) is 0 Å². The average molecular weight is 299 g/mol. The van der Waals surface area contributed by atoms with Gasteiger partial charge in [0.05, 0.1) is 13.0 Å². The van der Waals surface area contributed by atoms with E-state index in [9.17, 15) is 4.79 Å². The molecule has 1 aromatic rings. The highest BCUT2D eigenvalue weighted by atomic mass is 16.5. The van der Waals surface area contributed by atoms with E-state index < -0.39 is 0 Å². The van der Waals surface area contributed by atoms with Gasteiger partial charge in [0.2, 0.25) is 0 Å². The number of fused-ring (bicyclic) bond motifs is 3. The monoisotopic (exact) mass is 299 g/mol. The van der Waals surface area contributed by atoms with Crippen molar-refractivity contribution >= 4 is 5.97 Å². The molecular formula is C19H25NO2. The number of carbonyl (C=O) groups is 1. The summed E-state index contributed by atoms with van der Waals surface area (Å²) in [6.45, 7) is 6.65. The van der Waals surface area contributed by atoms with Crippen molar-refractivity contribution in [2.24, 2.45) is 0 Å². The van der Waals surface area contributed by atoms with Crippen LogP contribution >= 0.6 is 0 Å². The molecule has 0 aliphatic carbocycles. The van der Waals surface area contributed by atoms with Gasteiger partial charge in [0.1, 0.15) is 0 Å². The first kappa shape index (κ1) is 15.3. The van der Waals surface area contributed by atoms with E-state index >= 15 is 0 Å². The molecule has 0 unspecified atom stereocenters. The fourth-order valence-electron chi connectivity index (χ4n) is 3.81. The molecule has 1 atom stereocenters. The van der Waals surface area contributed by atoms with Crippen molar-refractivity contribution in [3.8, 4) is 0 Å². The highest BCUT2D eigenvalue weighted by Gasteiger charge is 2.32. The third-order valence-corrected chi connectivity index (χ3v) is 4.95. The van der Waals surface area contributed by atoms with E-state index in [1.807, 2.05) is 6.92 Å². The van der Waals surface area contributed by atoms with Crippen LogP contribution in [0.15, 0.2) is 35.4 Å². The summed E-state index contributed by atoms with van der Waals surface area (Å²) in [6, 6.07) is 9.20. The highest BCUT2D eigenvalue weighted by Crippen LogP contribution is 2.40. The lowest BCUT2D eigenvalue weighted by Crippen LogP contribution is -2.40. The maximum atomic E-state index is 11.9. The summed E-state index contributed by atoms with van der Waals surface area (Å²) in [5.74, 6) is -0.0824. The molecule has 0 aromatic heterocycles. The molecule has 0 bridgehead atoms. The number of hydrogen-bond acceptors (Lipinski definition) is 3. The standard InChI is InChI=1S/C19H25NO2/c1-3-14-13-20-10-9-15-7-5-6-8-17(15)18(20)11-16(14)12-19(21)22-4-2/h5-8,18H,3-4,9-13H2,1-2H3/t18-/m0/s1. The van der Waals surface area contributed by atoms with Gasteiger partial charge in [0, 0.05) is 19.1 Å². The van der Waals surface area contributed by atoms with Gasteiger partial charge < -0.3 is 4.74 Å². The molecule has 3 heteroatoms. The first-order valence-corrected chi connectivity index (χ1v) is 8.40. The van der Waals surface area contributed by atoms with Gasteiger partial charge in [-0.15, -0.1) is 0 Å². The Labute approximate surface area is 133 Å². The molecule has 0 amide bonds. The first-order chi connectivity index (χ1) is 10.7. The Morgan fingerprint density at radius 2 is 2.09 bits per heavy atom. The summed E-state index contributed by atoms with van der Waals surface area (Å²) in [7, 11) is 0. The SMILES string of the molecule is CCOC(=O)CC1=C(CC)CN2CCc3ccccc3[C@@H]2C1.